The first kappa shape index (κ1) is 10.5. The minimum atomic E-state index is 0.167. The van der Waals surface area contributed by atoms with E-state index in [-0.39, 0.29) is 6.04 Å². The van der Waals surface area contributed by atoms with Crippen molar-refractivity contribution in [2.45, 2.75) is 19.4 Å². The lowest BCUT2D eigenvalue weighted by Gasteiger charge is -2.15. The van der Waals surface area contributed by atoms with Gasteiger partial charge in [-0.05, 0) is 30.9 Å². The first-order valence-electron chi connectivity index (χ1n) is 5.50. The largest absolute Gasteiger partial charge is 0.329 e. The molecule has 3 N–H and O–H groups in total. The normalized spacial score (nSPS) is 26.3. The highest BCUT2D eigenvalue weighted by atomic mass is 15.0. The molecule has 1 heterocycles. The fourth-order valence-corrected chi connectivity index (χ4v) is 1.79. The van der Waals surface area contributed by atoms with Crippen molar-refractivity contribution < 1.29 is 0 Å². The van der Waals surface area contributed by atoms with E-state index in [1.807, 2.05) is 6.07 Å². The molecule has 0 bridgehead atoms. The highest BCUT2D eigenvalue weighted by Gasteiger charge is 2.32. The average molecular weight is 206 g/mol. The summed E-state index contributed by atoms with van der Waals surface area (Å²) in [5.74, 6) is 1.71. The van der Waals surface area contributed by atoms with Crippen LogP contribution in [0.2, 0.25) is 0 Å². The van der Waals surface area contributed by atoms with Crippen LogP contribution < -0.4 is 11.1 Å². The van der Waals surface area contributed by atoms with E-state index in [2.05, 4.69) is 22.2 Å². The molecular weight excluding hydrogens is 188 g/mol. The Kier molecular flexibility index (Phi) is 3.28. The Hall–Kier alpha value is -1.00. The Balaban J connectivity index is 1.87. The van der Waals surface area contributed by atoms with E-state index in [1.165, 1.54) is 6.42 Å². The molecule has 0 saturated heterocycles. The van der Waals surface area contributed by atoms with Crippen LogP contribution in [0, 0.1) is 11.8 Å². The zero-order valence-electron chi connectivity index (χ0n) is 9.06. The molecule has 15 heavy (non-hydrogen) atoms. The number of hydrogen-bond donors (Lipinski definition) is 2. The van der Waals surface area contributed by atoms with Crippen LogP contribution in [0.4, 0.5) is 0 Å². The van der Waals surface area contributed by atoms with Gasteiger partial charge >= 0.3 is 0 Å². The van der Waals surface area contributed by atoms with Crippen molar-refractivity contribution in [3.05, 3.63) is 24.3 Å². The minimum Gasteiger partial charge on any atom is -0.329 e. The van der Waals surface area contributed by atoms with E-state index in [4.69, 9.17) is 5.73 Å². The van der Waals surface area contributed by atoms with Gasteiger partial charge in [0.2, 0.25) is 0 Å². The van der Waals surface area contributed by atoms with Crippen molar-refractivity contribution in [2.24, 2.45) is 17.6 Å². The molecule has 1 fully saturated rings. The lowest BCUT2D eigenvalue weighted by Crippen LogP contribution is -2.30. The lowest BCUT2D eigenvalue weighted by molar-refractivity contribution is 0.501. The van der Waals surface area contributed by atoms with E-state index < -0.39 is 0 Å². The number of hydrogen-bond acceptors (Lipinski definition) is 4. The summed E-state index contributed by atoms with van der Waals surface area (Å²) in [5, 5.41) is 3.46. The number of aromatic nitrogens is 2. The summed E-state index contributed by atoms with van der Waals surface area (Å²) in [6.07, 6.45) is 4.67. The summed E-state index contributed by atoms with van der Waals surface area (Å²) in [6.45, 7) is 3.92. The highest BCUT2D eigenvalue weighted by Crippen LogP contribution is 2.37. The van der Waals surface area contributed by atoms with Gasteiger partial charge in [-0.2, -0.15) is 0 Å². The van der Waals surface area contributed by atoms with E-state index in [0.29, 0.717) is 6.54 Å². The summed E-state index contributed by atoms with van der Waals surface area (Å²) in [6, 6.07) is 2.08. The summed E-state index contributed by atoms with van der Waals surface area (Å²) in [7, 11) is 0. The van der Waals surface area contributed by atoms with Gasteiger partial charge in [0.05, 0.1) is 11.7 Å². The quantitative estimate of drug-likeness (QED) is 0.745. The van der Waals surface area contributed by atoms with E-state index in [1.54, 1.807) is 12.5 Å². The number of nitrogens with zero attached hydrogens (tertiary/aromatic N) is 2. The molecule has 3 unspecified atom stereocenters. The van der Waals surface area contributed by atoms with E-state index in [9.17, 15) is 0 Å². The van der Waals surface area contributed by atoms with Crippen molar-refractivity contribution >= 4 is 0 Å². The predicted molar refractivity (Wildman–Crippen MR) is 59.1 cm³/mol. The Labute approximate surface area is 90.3 Å². The third kappa shape index (κ3) is 2.73. The molecule has 1 saturated carbocycles. The van der Waals surface area contributed by atoms with Crippen LogP contribution in [0.15, 0.2) is 18.6 Å². The fraction of sp³-hybridized carbons (Fsp3) is 0.636. The Morgan fingerprint density at radius 1 is 1.67 bits per heavy atom. The second kappa shape index (κ2) is 4.68. The first-order chi connectivity index (χ1) is 7.31. The van der Waals surface area contributed by atoms with Gasteiger partial charge in [0.25, 0.3) is 0 Å². The molecule has 1 aliphatic rings. The number of rotatable bonds is 5. The molecule has 4 nitrogen and oxygen atoms in total. The van der Waals surface area contributed by atoms with E-state index >= 15 is 0 Å². The molecule has 1 aliphatic carbocycles. The third-order valence-electron chi connectivity index (χ3n) is 3.10. The lowest BCUT2D eigenvalue weighted by atomic mass is 10.2. The standard InChI is InChI=1S/C11H18N4/c1-8-4-9(8)6-14-11(5-12)10-2-3-13-7-15-10/h2-3,7-9,11,14H,4-6,12H2,1H3. The van der Waals surface area contributed by atoms with Gasteiger partial charge in [-0.1, -0.05) is 6.92 Å². The molecule has 2 rings (SSSR count). The molecule has 3 atom stereocenters. The second-order valence-electron chi connectivity index (χ2n) is 4.30. The molecule has 1 aromatic heterocycles. The van der Waals surface area contributed by atoms with Crippen molar-refractivity contribution in [2.75, 3.05) is 13.1 Å². The molecule has 0 aliphatic heterocycles. The van der Waals surface area contributed by atoms with Gasteiger partial charge in [-0.15, -0.1) is 0 Å². The topological polar surface area (TPSA) is 63.8 Å². The Bertz CT molecular complexity index is 301. The zero-order chi connectivity index (χ0) is 10.7. The zero-order valence-corrected chi connectivity index (χ0v) is 9.06. The smallest absolute Gasteiger partial charge is 0.115 e. The third-order valence-corrected chi connectivity index (χ3v) is 3.10. The molecule has 0 aromatic carbocycles. The van der Waals surface area contributed by atoms with Crippen LogP contribution >= 0.6 is 0 Å². The van der Waals surface area contributed by atoms with Crippen LogP contribution in [0.5, 0.6) is 0 Å². The van der Waals surface area contributed by atoms with Crippen molar-refractivity contribution in [1.82, 2.24) is 15.3 Å². The van der Waals surface area contributed by atoms with Gasteiger partial charge in [0.1, 0.15) is 6.33 Å². The van der Waals surface area contributed by atoms with Crippen LogP contribution in [0.3, 0.4) is 0 Å². The number of nitrogens with two attached hydrogens (primary N) is 1. The van der Waals surface area contributed by atoms with E-state index in [0.717, 1.165) is 24.1 Å². The van der Waals surface area contributed by atoms with Crippen LogP contribution in [-0.2, 0) is 0 Å². The van der Waals surface area contributed by atoms with Crippen molar-refractivity contribution in [3.63, 3.8) is 0 Å². The maximum absolute atomic E-state index is 5.72. The van der Waals surface area contributed by atoms with Gasteiger partial charge in [-0.25, -0.2) is 9.97 Å². The molecule has 1 aromatic rings. The number of nitrogens with one attached hydrogen (secondary N) is 1. The first-order valence-corrected chi connectivity index (χ1v) is 5.50. The van der Waals surface area contributed by atoms with Gasteiger partial charge in [-0.3, -0.25) is 0 Å². The average Bonchev–Trinajstić information content (AvgIpc) is 2.97. The molecule has 0 spiro atoms. The van der Waals surface area contributed by atoms with Crippen LogP contribution in [-0.4, -0.2) is 23.1 Å². The van der Waals surface area contributed by atoms with Crippen LogP contribution in [0.25, 0.3) is 0 Å². The summed E-state index contributed by atoms with van der Waals surface area (Å²) in [5.41, 5.74) is 6.71. The molecule has 0 amide bonds. The fourth-order valence-electron chi connectivity index (χ4n) is 1.79. The Morgan fingerprint density at radius 3 is 3.00 bits per heavy atom. The molecule has 4 heteroatoms. The predicted octanol–water partition coefficient (Wildman–Crippen LogP) is 0.722. The molecular formula is C11H18N4. The van der Waals surface area contributed by atoms with Gasteiger partial charge in [0.15, 0.2) is 0 Å². The summed E-state index contributed by atoms with van der Waals surface area (Å²) < 4.78 is 0. The monoisotopic (exact) mass is 206 g/mol. The molecule has 0 radical (unpaired) electrons. The maximum atomic E-state index is 5.72. The van der Waals surface area contributed by atoms with Crippen LogP contribution in [0.1, 0.15) is 25.1 Å². The Morgan fingerprint density at radius 2 is 2.47 bits per heavy atom. The second-order valence-corrected chi connectivity index (χ2v) is 4.30. The van der Waals surface area contributed by atoms with Gasteiger partial charge < -0.3 is 11.1 Å². The summed E-state index contributed by atoms with van der Waals surface area (Å²) >= 11 is 0. The summed E-state index contributed by atoms with van der Waals surface area (Å²) in [4.78, 5) is 8.12. The highest BCUT2D eigenvalue weighted by molar-refractivity contribution is 5.05. The minimum absolute atomic E-state index is 0.167. The maximum Gasteiger partial charge on any atom is 0.115 e. The van der Waals surface area contributed by atoms with Gasteiger partial charge in [0, 0.05) is 12.7 Å². The molecule has 82 valence electrons. The van der Waals surface area contributed by atoms with Crippen molar-refractivity contribution in [3.8, 4) is 0 Å². The SMILES string of the molecule is CC1CC1CNC(CN)c1ccncn1. The van der Waals surface area contributed by atoms with Crippen molar-refractivity contribution in [1.29, 1.82) is 0 Å².